The first-order chi connectivity index (χ1) is 16.5. The van der Waals surface area contributed by atoms with Crippen molar-refractivity contribution in [2.75, 3.05) is 0 Å². The number of aliphatic imine (C=N–C) groups is 1. The van der Waals surface area contributed by atoms with E-state index in [1.165, 1.54) is 6.21 Å². The predicted molar refractivity (Wildman–Crippen MR) is 109 cm³/mol. The Morgan fingerprint density at radius 2 is 1.80 bits per heavy atom. The van der Waals surface area contributed by atoms with E-state index < -0.39 is 52.2 Å². The lowest BCUT2D eigenvalue weighted by molar-refractivity contribution is -0.137. The summed E-state index contributed by atoms with van der Waals surface area (Å²) in [5.74, 6) is -6.39. The maximum Gasteiger partial charge on any atom is 0.417 e. The first-order valence-corrected chi connectivity index (χ1v) is 9.93. The van der Waals surface area contributed by atoms with Crippen LogP contribution in [0.15, 0.2) is 35.6 Å². The highest BCUT2D eigenvalue weighted by atomic mass is 19.4. The number of ketones is 2. The van der Waals surface area contributed by atoms with Crippen LogP contribution in [0.4, 0.5) is 32.0 Å². The average molecular weight is 491 g/mol. The van der Waals surface area contributed by atoms with E-state index >= 15 is 0 Å². The molecule has 0 fully saturated rings. The van der Waals surface area contributed by atoms with Crippen LogP contribution >= 0.6 is 0 Å². The van der Waals surface area contributed by atoms with Crippen molar-refractivity contribution in [1.82, 2.24) is 19.9 Å². The molecule has 0 spiro atoms. The van der Waals surface area contributed by atoms with Gasteiger partial charge in [0, 0.05) is 37.2 Å². The van der Waals surface area contributed by atoms with Crippen molar-refractivity contribution in [3.63, 3.8) is 0 Å². The molecule has 1 atom stereocenters. The van der Waals surface area contributed by atoms with E-state index in [1.54, 1.807) is 0 Å². The Kier molecular flexibility index (Phi) is 5.07. The van der Waals surface area contributed by atoms with Crippen molar-refractivity contribution in [2.24, 2.45) is 10.9 Å². The summed E-state index contributed by atoms with van der Waals surface area (Å²) in [4.78, 5) is 42.8. The Balaban J connectivity index is 1.42. The Hall–Kier alpha value is -4.29. The number of fused-ring (bicyclic) bond motifs is 2. The summed E-state index contributed by atoms with van der Waals surface area (Å²) in [6.45, 7) is 0. The van der Waals surface area contributed by atoms with Crippen LogP contribution in [0.25, 0.3) is 11.2 Å². The number of nitrogens with zero attached hydrogens (tertiary/aromatic N) is 3. The van der Waals surface area contributed by atoms with Gasteiger partial charge < -0.3 is 9.97 Å². The zero-order valence-corrected chi connectivity index (χ0v) is 17.2. The summed E-state index contributed by atoms with van der Waals surface area (Å²) in [6.07, 6.45) is -1.73. The van der Waals surface area contributed by atoms with Crippen LogP contribution in [0, 0.1) is 23.4 Å². The van der Waals surface area contributed by atoms with Gasteiger partial charge in [-0.05, 0) is 6.07 Å². The summed E-state index contributed by atoms with van der Waals surface area (Å²) in [5, 5.41) is 0. The Bertz CT molecular complexity index is 1530. The zero-order chi connectivity index (χ0) is 25.1. The van der Waals surface area contributed by atoms with Crippen LogP contribution < -0.4 is 0 Å². The first-order valence-electron chi connectivity index (χ1n) is 9.93. The summed E-state index contributed by atoms with van der Waals surface area (Å²) in [5.41, 5.74) is -2.42. The van der Waals surface area contributed by atoms with E-state index in [0.717, 1.165) is 12.3 Å². The minimum atomic E-state index is -4.59. The summed E-state index contributed by atoms with van der Waals surface area (Å²) >= 11 is 0. The maximum absolute atomic E-state index is 14.1. The number of aromatic amines is 2. The number of aromatic nitrogens is 4. The summed E-state index contributed by atoms with van der Waals surface area (Å²) < 4.78 is 80.0. The Morgan fingerprint density at radius 1 is 1.09 bits per heavy atom. The quantitative estimate of drug-likeness (QED) is 0.319. The highest BCUT2D eigenvalue weighted by molar-refractivity contribution is 6.19. The monoisotopic (exact) mass is 491 g/mol. The molecule has 3 aromatic heterocycles. The topological polar surface area (TPSA) is 104 Å². The lowest BCUT2D eigenvalue weighted by atomic mass is 9.94. The van der Waals surface area contributed by atoms with Gasteiger partial charge in [-0.15, -0.1) is 0 Å². The largest absolute Gasteiger partial charge is 0.417 e. The molecule has 0 saturated carbocycles. The molecule has 4 aromatic rings. The van der Waals surface area contributed by atoms with E-state index in [4.69, 9.17) is 0 Å². The van der Waals surface area contributed by atoms with E-state index in [-0.39, 0.29) is 40.4 Å². The molecular formula is C22H11F6N5O2. The van der Waals surface area contributed by atoms with Crippen LogP contribution in [0.3, 0.4) is 0 Å². The number of hydrogen-bond acceptors (Lipinski definition) is 5. The van der Waals surface area contributed by atoms with E-state index in [0.29, 0.717) is 18.3 Å². The molecule has 0 saturated heterocycles. The second kappa shape index (κ2) is 7.89. The third-order valence-corrected chi connectivity index (χ3v) is 5.43. The smallest absolute Gasteiger partial charge is 0.356 e. The van der Waals surface area contributed by atoms with Gasteiger partial charge in [-0.25, -0.2) is 23.1 Å². The third-order valence-electron chi connectivity index (χ3n) is 5.43. The van der Waals surface area contributed by atoms with Gasteiger partial charge in [0.1, 0.15) is 34.7 Å². The average Bonchev–Trinajstić information content (AvgIpc) is 3.37. The highest BCUT2D eigenvalue weighted by Crippen LogP contribution is 2.34. The van der Waals surface area contributed by atoms with Gasteiger partial charge >= 0.3 is 6.18 Å². The zero-order valence-electron chi connectivity index (χ0n) is 17.2. The van der Waals surface area contributed by atoms with Crippen LogP contribution in [0.2, 0.25) is 0 Å². The van der Waals surface area contributed by atoms with Crippen LogP contribution in [-0.2, 0) is 12.6 Å². The van der Waals surface area contributed by atoms with E-state index in [9.17, 15) is 35.9 Å². The van der Waals surface area contributed by atoms with Gasteiger partial charge in [0.15, 0.2) is 11.4 Å². The SMILES string of the molecule is O=C(c1c[nH]c2c1N=CC(Cc1nc3ncc(C(F)(F)F)cc3[nH]1)C2=O)c1c(F)cc(F)cc1F. The second-order valence-electron chi connectivity index (χ2n) is 7.73. The fourth-order valence-electron chi connectivity index (χ4n) is 3.78. The Morgan fingerprint density at radius 3 is 2.49 bits per heavy atom. The fraction of sp³-hybridized carbons (Fsp3) is 0.136. The van der Waals surface area contributed by atoms with Gasteiger partial charge in [-0.1, -0.05) is 0 Å². The van der Waals surface area contributed by atoms with Crippen molar-refractivity contribution in [3.05, 3.63) is 76.3 Å². The van der Waals surface area contributed by atoms with Gasteiger partial charge in [-0.3, -0.25) is 14.6 Å². The number of benzene rings is 1. The molecule has 1 aromatic carbocycles. The maximum atomic E-state index is 14.1. The minimum Gasteiger partial charge on any atom is -0.356 e. The molecule has 5 rings (SSSR count). The predicted octanol–water partition coefficient (Wildman–Crippen LogP) is 4.71. The number of carbonyl (C=O) groups excluding carboxylic acids is 2. The summed E-state index contributed by atoms with van der Waals surface area (Å²) in [7, 11) is 0. The minimum absolute atomic E-state index is 0.0324. The fourth-order valence-corrected chi connectivity index (χ4v) is 3.78. The summed E-state index contributed by atoms with van der Waals surface area (Å²) in [6, 6.07) is 1.57. The molecular weight excluding hydrogens is 480 g/mol. The van der Waals surface area contributed by atoms with Gasteiger partial charge in [0.2, 0.25) is 5.78 Å². The number of H-pyrrole nitrogens is 2. The Labute approximate surface area is 190 Å². The van der Waals surface area contributed by atoms with Crippen LogP contribution in [0.1, 0.15) is 37.8 Å². The van der Waals surface area contributed by atoms with Crippen LogP contribution in [-0.4, -0.2) is 37.7 Å². The number of rotatable bonds is 4. The van der Waals surface area contributed by atoms with E-state index in [2.05, 4.69) is 24.9 Å². The molecule has 4 heterocycles. The molecule has 2 N–H and O–H groups in total. The number of carbonyl (C=O) groups is 2. The number of pyridine rings is 1. The van der Waals surface area contributed by atoms with Crippen molar-refractivity contribution >= 4 is 34.6 Å². The molecule has 13 heteroatoms. The normalized spacial score (nSPS) is 15.6. The van der Waals surface area contributed by atoms with Crippen molar-refractivity contribution < 1.29 is 35.9 Å². The lowest BCUT2D eigenvalue weighted by Crippen LogP contribution is -2.22. The third kappa shape index (κ3) is 3.88. The number of hydrogen-bond donors (Lipinski definition) is 2. The number of halogens is 6. The van der Waals surface area contributed by atoms with Crippen molar-refractivity contribution in [2.45, 2.75) is 12.6 Å². The van der Waals surface area contributed by atoms with Gasteiger partial charge in [-0.2, -0.15) is 13.2 Å². The molecule has 1 aliphatic rings. The van der Waals surface area contributed by atoms with Gasteiger partial charge in [0.25, 0.3) is 0 Å². The molecule has 7 nitrogen and oxygen atoms in total. The lowest BCUT2D eigenvalue weighted by Gasteiger charge is -2.14. The van der Waals surface area contributed by atoms with Gasteiger partial charge in [0.05, 0.1) is 28.1 Å². The van der Waals surface area contributed by atoms with Crippen LogP contribution in [0.5, 0.6) is 0 Å². The molecule has 178 valence electrons. The first kappa shape index (κ1) is 22.5. The number of nitrogens with one attached hydrogen (secondary N) is 2. The second-order valence-corrected chi connectivity index (χ2v) is 7.73. The van der Waals surface area contributed by atoms with E-state index in [1.807, 2.05) is 0 Å². The molecule has 1 unspecified atom stereocenters. The molecule has 0 amide bonds. The highest BCUT2D eigenvalue weighted by Gasteiger charge is 2.33. The molecule has 35 heavy (non-hydrogen) atoms. The van der Waals surface area contributed by atoms with Crippen molar-refractivity contribution in [1.29, 1.82) is 0 Å². The molecule has 0 bridgehead atoms. The van der Waals surface area contributed by atoms with Crippen molar-refractivity contribution in [3.8, 4) is 0 Å². The molecule has 0 aliphatic carbocycles. The number of imidazole rings is 1. The number of Topliss-reactive ketones (excluding diaryl/α,β-unsaturated/α-hetero) is 1. The molecule has 1 aliphatic heterocycles. The standard InChI is InChI=1S/C22H11F6N5O2/c23-10-3-12(24)16(13(25)4-10)20(35)11-7-30-18-17(11)29-5-8(19(18)34)1-15-32-14-2-9(22(26,27)28)6-31-21(14)33-15/h2-8,30H,1H2,(H,31,32,33). The number of alkyl halides is 3. The molecule has 0 radical (unpaired) electrons.